The third kappa shape index (κ3) is 2.90. The average Bonchev–Trinajstić information content (AvgIpc) is 2.52. The number of anilines is 2. The van der Waals surface area contributed by atoms with Crippen molar-refractivity contribution in [3.05, 3.63) is 53.5 Å². The number of hydrogen-bond donors (Lipinski definition) is 0. The summed E-state index contributed by atoms with van der Waals surface area (Å²) >= 11 is 6.03. The molecule has 1 amide bonds. The van der Waals surface area contributed by atoms with Crippen LogP contribution in [0.25, 0.3) is 0 Å². The molecule has 3 rings (SSSR count). The largest absolute Gasteiger partial charge is 0.303 e. The highest BCUT2D eigenvalue weighted by molar-refractivity contribution is 6.29. The predicted octanol–water partition coefficient (Wildman–Crippen LogP) is 2.93. The van der Waals surface area contributed by atoms with Crippen molar-refractivity contribution >= 4 is 35.0 Å². The van der Waals surface area contributed by atoms with E-state index in [0.29, 0.717) is 17.1 Å². The number of benzene rings is 1. The molecule has 0 bridgehead atoms. The zero-order chi connectivity index (χ0) is 16.6. The number of amides is 1. The number of hydrogen-bond acceptors (Lipinski definition) is 4. The molecular formula is C16H13ClFN3O2. The Morgan fingerprint density at radius 1 is 1.39 bits per heavy atom. The number of pyridine rings is 1. The fourth-order valence-corrected chi connectivity index (χ4v) is 2.79. The van der Waals surface area contributed by atoms with E-state index in [0.717, 1.165) is 0 Å². The Labute approximate surface area is 137 Å². The third-order valence-corrected chi connectivity index (χ3v) is 3.92. The van der Waals surface area contributed by atoms with Gasteiger partial charge in [-0.2, -0.15) is 0 Å². The lowest BCUT2D eigenvalue weighted by Crippen LogP contribution is -2.42. The summed E-state index contributed by atoms with van der Waals surface area (Å²) < 4.78 is 14.6. The molecule has 2 heterocycles. The summed E-state index contributed by atoms with van der Waals surface area (Å²) in [5.74, 6) is -0.494. The van der Waals surface area contributed by atoms with Crippen molar-refractivity contribution < 1.29 is 14.0 Å². The number of Topliss-reactive ketones (excluding diaryl/α,β-unsaturated/α-hetero) is 1. The molecule has 1 aliphatic rings. The molecule has 0 spiro atoms. The van der Waals surface area contributed by atoms with Crippen LogP contribution in [0.5, 0.6) is 0 Å². The van der Waals surface area contributed by atoms with Gasteiger partial charge in [0, 0.05) is 23.5 Å². The number of carbonyl (C=O) groups excluding carboxylic acids is 2. The molecule has 2 aromatic rings. The molecule has 1 aliphatic heterocycles. The maximum atomic E-state index is 13.4. The van der Waals surface area contributed by atoms with Crippen LogP contribution in [0, 0.1) is 5.82 Å². The maximum Gasteiger partial charge on any atom is 0.248 e. The fourth-order valence-electron chi connectivity index (χ4n) is 2.56. The van der Waals surface area contributed by atoms with Crippen molar-refractivity contribution in [2.24, 2.45) is 0 Å². The molecule has 1 aromatic carbocycles. The molecule has 0 fully saturated rings. The van der Waals surface area contributed by atoms with Crippen LogP contribution in [0.15, 0.2) is 36.5 Å². The molecule has 0 aliphatic carbocycles. The van der Waals surface area contributed by atoms with E-state index < -0.39 is 5.82 Å². The molecule has 0 unspecified atom stereocenters. The fraction of sp³-hybridized carbons (Fsp3) is 0.188. The van der Waals surface area contributed by atoms with E-state index in [-0.39, 0.29) is 30.3 Å². The summed E-state index contributed by atoms with van der Waals surface area (Å²) in [5, 5.41) is 0. The number of halogens is 2. The second kappa shape index (κ2) is 5.96. The second-order valence-electron chi connectivity index (χ2n) is 5.20. The first-order chi connectivity index (χ1) is 11.0. The average molecular weight is 334 g/mol. The number of aromatic nitrogens is 1. The number of fused-ring (bicyclic) bond motifs is 1. The van der Waals surface area contributed by atoms with E-state index in [2.05, 4.69) is 4.98 Å². The minimum absolute atomic E-state index is 0.0256. The van der Waals surface area contributed by atoms with Crippen molar-refractivity contribution in [2.45, 2.75) is 13.5 Å². The Morgan fingerprint density at radius 3 is 2.91 bits per heavy atom. The summed E-state index contributed by atoms with van der Waals surface area (Å²) in [6.07, 6.45) is 1.58. The molecule has 1 aromatic heterocycles. The molecule has 118 valence electrons. The Morgan fingerprint density at radius 2 is 2.17 bits per heavy atom. The quantitative estimate of drug-likeness (QED) is 0.640. The van der Waals surface area contributed by atoms with Crippen LogP contribution in [0.2, 0.25) is 0 Å². The van der Waals surface area contributed by atoms with E-state index >= 15 is 0 Å². The third-order valence-electron chi connectivity index (χ3n) is 3.64. The normalized spacial score (nSPS) is 14.0. The topological polar surface area (TPSA) is 53.5 Å². The first-order valence-electron chi connectivity index (χ1n) is 6.95. The van der Waals surface area contributed by atoms with Crippen molar-refractivity contribution in [1.29, 1.82) is 0 Å². The van der Waals surface area contributed by atoms with Gasteiger partial charge in [0.15, 0.2) is 11.6 Å². The van der Waals surface area contributed by atoms with Crippen molar-refractivity contribution in [2.75, 3.05) is 15.9 Å². The smallest absolute Gasteiger partial charge is 0.248 e. The molecule has 23 heavy (non-hydrogen) atoms. The Kier molecular flexibility index (Phi) is 4.00. The van der Waals surface area contributed by atoms with Crippen molar-refractivity contribution in [3.8, 4) is 0 Å². The molecule has 5 nitrogen and oxygen atoms in total. The van der Waals surface area contributed by atoms with Gasteiger partial charge < -0.3 is 4.90 Å². The summed E-state index contributed by atoms with van der Waals surface area (Å²) in [6.45, 7) is 1.49. The van der Waals surface area contributed by atoms with Crippen LogP contribution in [0.4, 0.5) is 15.9 Å². The zero-order valence-electron chi connectivity index (χ0n) is 12.3. The highest BCUT2D eigenvalue weighted by Crippen LogP contribution is 2.33. The van der Waals surface area contributed by atoms with Crippen LogP contribution < -0.4 is 9.32 Å². The first kappa shape index (κ1) is 15.4. The molecule has 0 saturated carbocycles. The second-order valence-corrected chi connectivity index (χ2v) is 5.61. The van der Waals surface area contributed by atoms with Crippen LogP contribution in [0.3, 0.4) is 0 Å². The van der Waals surface area contributed by atoms with Gasteiger partial charge in [0.05, 0.1) is 12.2 Å². The highest BCUT2D eigenvalue weighted by Gasteiger charge is 2.30. The van der Waals surface area contributed by atoms with Gasteiger partial charge in [-0.05, 0) is 36.8 Å². The van der Waals surface area contributed by atoms with Gasteiger partial charge in [0.1, 0.15) is 12.4 Å². The first-order valence-corrected chi connectivity index (χ1v) is 7.29. The molecule has 0 saturated heterocycles. The minimum Gasteiger partial charge on any atom is -0.303 e. The monoisotopic (exact) mass is 333 g/mol. The van der Waals surface area contributed by atoms with E-state index in [9.17, 15) is 14.0 Å². The lowest BCUT2D eigenvalue weighted by Gasteiger charge is -2.32. The highest BCUT2D eigenvalue weighted by atomic mass is 35.5. The summed E-state index contributed by atoms with van der Waals surface area (Å²) in [7, 11) is 0. The Bertz CT molecular complexity index is 797. The zero-order valence-corrected chi connectivity index (χ0v) is 13.0. The Hall–Kier alpha value is -2.47. The van der Waals surface area contributed by atoms with Gasteiger partial charge in [-0.3, -0.25) is 14.0 Å². The standard InChI is InChI=1S/C16H13ClFN3O2/c1-10(22)13-7-12(18)5-4-11(13)8-20-14-3-2-6-19-16(14)21(17)9-15(20)23/h2-7H,8-9H2,1H3. The van der Waals surface area contributed by atoms with E-state index in [1.165, 1.54) is 34.4 Å². The number of rotatable bonds is 3. The molecule has 0 atom stereocenters. The summed E-state index contributed by atoms with van der Waals surface area (Å²) in [6, 6.07) is 7.40. The van der Waals surface area contributed by atoms with Gasteiger partial charge in [0.2, 0.25) is 5.91 Å². The van der Waals surface area contributed by atoms with E-state index in [4.69, 9.17) is 11.8 Å². The van der Waals surface area contributed by atoms with Gasteiger partial charge in [-0.25, -0.2) is 9.37 Å². The van der Waals surface area contributed by atoms with Crippen LogP contribution >= 0.6 is 11.8 Å². The number of carbonyl (C=O) groups is 2. The molecular weight excluding hydrogens is 321 g/mol. The predicted molar refractivity (Wildman–Crippen MR) is 85.0 cm³/mol. The molecule has 7 heteroatoms. The number of ketones is 1. The van der Waals surface area contributed by atoms with Gasteiger partial charge >= 0.3 is 0 Å². The lowest BCUT2D eigenvalue weighted by molar-refractivity contribution is -0.117. The lowest BCUT2D eigenvalue weighted by atomic mass is 10.0. The maximum absolute atomic E-state index is 13.4. The van der Waals surface area contributed by atoms with Gasteiger partial charge in [-0.1, -0.05) is 6.07 Å². The number of nitrogens with zero attached hydrogens (tertiary/aromatic N) is 3. The summed E-state index contributed by atoms with van der Waals surface area (Å²) in [5.41, 5.74) is 1.39. The SMILES string of the molecule is CC(=O)c1cc(F)ccc1CN1C(=O)CN(Cl)c2ncccc21. The van der Waals surface area contributed by atoms with Crippen LogP contribution in [-0.4, -0.2) is 23.2 Å². The van der Waals surface area contributed by atoms with Crippen molar-refractivity contribution in [3.63, 3.8) is 0 Å². The molecule has 0 radical (unpaired) electrons. The van der Waals surface area contributed by atoms with Gasteiger partial charge in [-0.15, -0.1) is 0 Å². The minimum atomic E-state index is -0.488. The van der Waals surface area contributed by atoms with Crippen LogP contribution in [0.1, 0.15) is 22.8 Å². The molecule has 0 N–H and O–H groups in total. The van der Waals surface area contributed by atoms with Gasteiger partial charge in [0.25, 0.3) is 0 Å². The van der Waals surface area contributed by atoms with E-state index in [1.807, 2.05) is 0 Å². The van der Waals surface area contributed by atoms with Crippen molar-refractivity contribution in [1.82, 2.24) is 4.98 Å². The van der Waals surface area contributed by atoms with Crippen LogP contribution in [-0.2, 0) is 11.3 Å². The Balaban J connectivity index is 2.02. The van der Waals surface area contributed by atoms with E-state index in [1.54, 1.807) is 18.3 Å². The summed E-state index contributed by atoms with van der Waals surface area (Å²) in [4.78, 5) is 29.7.